The third kappa shape index (κ3) is 3.99. The zero-order valence-electron chi connectivity index (χ0n) is 13.5. The Morgan fingerprint density at radius 2 is 1.96 bits per heavy atom. The van der Waals surface area contributed by atoms with Gasteiger partial charge in [-0.15, -0.1) is 0 Å². The molecule has 1 saturated heterocycles. The number of nitro groups is 1. The van der Waals surface area contributed by atoms with Crippen molar-refractivity contribution in [3.63, 3.8) is 0 Å². The van der Waals surface area contributed by atoms with E-state index < -0.39 is 10.5 Å². The Bertz CT molecular complexity index is 606. The fraction of sp³-hybridized carbons (Fsp3) is 0.571. The highest BCUT2D eigenvalue weighted by Gasteiger charge is 2.29. The van der Waals surface area contributed by atoms with Gasteiger partial charge in [-0.3, -0.25) is 10.1 Å². The van der Waals surface area contributed by atoms with Crippen LogP contribution in [0.2, 0.25) is 0 Å². The zero-order chi connectivity index (χ0) is 17.2. The van der Waals surface area contributed by atoms with Crippen LogP contribution in [0.25, 0.3) is 0 Å². The highest BCUT2D eigenvalue weighted by Crippen LogP contribution is 2.32. The number of pyridine rings is 1. The van der Waals surface area contributed by atoms with Gasteiger partial charge in [0.2, 0.25) is 5.82 Å². The summed E-state index contributed by atoms with van der Waals surface area (Å²) in [6, 6.07) is 1.57. The minimum atomic E-state index is -0.549. The summed E-state index contributed by atoms with van der Waals surface area (Å²) in [7, 11) is 0. The second-order valence-corrected chi connectivity index (χ2v) is 6.28. The molecule has 1 aromatic rings. The van der Waals surface area contributed by atoms with Crippen molar-refractivity contribution in [2.75, 3.05) is 36.8 Å². The van der Waals surface area contributed by atoms with Crippen LogP contribution in [-0.2, 0) is 4.74 Å². The van der Waals surface area contributed by atoms with Gasteiger partial charge in [-0.2, -0.15) is 0 Å². The molecule has 0 radical (unpaired) electrons. The normalized spacial score (nSPS) is 15.4. The minimum Gasteiger partial charge on any atom is -0.444 e. The average molecular weight is 323 g/mol. The Balaban J connectivity index is 2.07. The van der Waals surface area contributed by atoms with Gasteiger partial charge in [0.1, 0.15) is 11.3 Å². The standard InChI is InChI=1S/C14H21N5O4/c1-14(2,3)23-13(20)18-8-6-17(7-9-18)10-4-5-16-12(15)11(10)19(21)22/h4-5H,6-9H2,1-3H3,(H2,15,16). The molecule has 0 aromatic carbocycles. The third-order valence-corrected chi connectivity index (χ3v) is 3.39. The molecule has 2 heterocycles. The lowest BCUT2D eigenvalue weighted by Crippen LogP contribution is -2.50. The number of piperazine rings is 1. The minimum absolute atomic E-state index is 0.109. The van der Waals surface area contributed by atoms with Crippen LogP contribution in [0.5, 0.6) is 0 Å². The van der Waals surface area contributed by atoms with Gasteiger partial charge in [0.15, 0.2) is 0 Å². The largest absolute Gasteiger partial charge is 0.444 e. The van der Waals surface area contributed by atoms with Crippen molar-refractivity contribution in [1.29, 1.82) is 0 Å². The Hall–Kier alpha value is -2.58. The van der Waals surface area contributed by atoms with E-state index in [1.807, 2.05) is 25.7 Å². The fourth-order valence-electron chi connectivity index (χ4n) is 2.36. The van der Waals surface area contributed by atoms with E-state index in [2.05, 4.69) is 4.98 Å². The van der Waals surface area contributed by atoms with Gasteiger partial charge in [0.25, 0.3) is 0 Å². The molecule has 2 N–H and O–H groups in total. The maximum absolute atomic E-state index is 12.0. The van der Waals surface area contributed by atoms with Crippen molar-refractivity contribution in [1.82, 2.24) is 9.88 Å². The predicted molar refractivity (Wildman–Crippen MR) is 85.3 cm³/mol. The van der Waals surface area contributed by atoms with Crippen molar-refractivity contribution in [2.24, 2.45) is 0 Å². The number of carbonyl (C=O) groups is 1. The maximum Gasteiger partial charge on any atom is 0.410 e. The molecule has 0 bridgehead atoms. The first kappa shape index (κ1) is 16.8. The van der Waals surface area contributed by atoms with Crippen LogP contribution in [0.1, 0.15) is 20.8 Å². The molecular formula is C14H21N5O4. The number of carbonyl (C=O) groups excluding carboxylic acids is 1. The van der Waals surface area contributed by atoms with E-state index in [9.17, 15) is 14.9 Å². The molecule has 126 valence electrons. The average Bonchev–Trinajstić information content (AvgIpc) is 2.45. The number of aromatic nitrogens is 1. The summed E-state index contributed by atoms with van der Waals surface area (Å²) < 4.78 is 5.33. The fourth-order valence-corrected chi connectivity index (χ4v) is 2.36. The third-order valence-electron chi connectivity index (χ3n) is 3.39. The molecular weight excluding hydrogens is 302 g/mol. The number of rotatable bonds is 2. The van der Waals surface area contributed by atoms with Gasteiger partial charge in [0.05, 0.1) is 4.92 Å². The van der Waals surface area contributed by atoms with Crippen LogP contribution < -0.4 is 10.6 Å². The number of amides is 1. The number of anilines is 2. The second kappa shape index (κ2) is 6.27. The van der Waals surface area contributed by atoms with Crippen LogP contribution in [0, 0.1) is 10.1 Å². The topological polar surface area (TPSA) is 115 Å². The van der Waals surface area contributed by atoms with Gasteiger partial charge in [-0.1, -0.05) is 0 Å². The first-order valence-electron chi connectivity index (χ1n) is 7.31. The van der Waals surface area contributed by atoms with E-state index in [0.717, 1.165) is 0 Å². The molecule has 1 aliphatic heterocycles. The summed E-state index contributed by atoms with van der Waals surface area (Å²) in [6.07, 6.45) is 1.07. The van der Waals surface area contributed by atoms with Crippen LogP contribution in [0.4, 0.5) is 22.0 Å². The van der Waals surface area contributed by atoms with Crippen molar-refractivity contribution < 1.29 is 14.5 Å². The molecule has 0 aliphatic carbocycles. The Labute approximate surface area is 134 Å². The summed E-state index contributed by atoms with van der Waals surface area (Å²) in [4.78, 5) is 29.9. The summed E-state index contributed by atoms with van der Waals surface area (Å²) in [5.41, 5.74) is 5.29. The smallest absolute Gasteiger partial charge is 0.410 e. The number of ether oxygens (including phenoxy) is 1. The molecule has 1 aromatic heterocycles. The summed E-state index contributed by atoms with van der Waals surface area (Å²) >= 11 is 0. The van der Waals surface area contributed by atoms with E-state index in [1.54, 1.807) is 11.0 Å². The molecule has 9 nitrogen and oxygen atoms in total. The molecule has 0 saturated carbocycles. The van der Waals surface area contributed by atoms with E-state index >= 15 is 0 Å². The van der Waals surface area contributed by atoms with Gasteiger partial charge in [-0.25, -0.2) is 9.78 Å². The molecule has 0 unspecified atom stereocenters. The van der Waals surface area contributed by atoms with Crippen molar-refractivity contribution in [2.45, 2.75) is 26.4 Å². The molecule has 0 spiro atoms. The predicted octanol–water partition coefficient (Wildman–Crippen LogP) is 1.63. The highest BCUT2D eigenvalue weighted by molar-refractivity contribution is 5.73. The Morgan fingerprint density at radius 1 is 1.35 bits per heavy atom. The number of nitrogens with two attached hydrogens (primary N) is 1. The summed E-state index contributed by atoms with van der Waals surface area (Å²) in [6.45, 7) is 7.20. The van der Waals surface area contributed by atoms with Crippen LogP contribution in [0.3, 0.4) is 0 Å². The molecule has 23 heavy (non-hydrogen) atoms. The number of nitrogen functional groups attached to an aromatic ring is 1. The lowest BCUT2D eigenvalue weighted by molar-refractivity contribution is -0.383. The van der Waals surface area contributed by atoms with Gasteiger partial charge in [0, 0.05) is 32.4 Å². The monoisotopic (exact) mass is 323 g/mol. The van der Waals surface area contributed by atoms with E-state index in [1.165, 1.54) is 6.20 Å². The molecule has 9 heteroatoms. The summed E-state index contributed by atoms with van der Waals surface area (Å²) in [5, 5.41) is 11.2. The molecule has 1 fully saturated rings. The number of hydrogen-bond donors (Lipinski definition) is 1. The molecule has 2 rings (SSSR count). The van der Waals surface area contributed by atoms with Crippen molar-refractivity contribution in [3.05, 3.63) is 22.4 Å². The van der Waals surface area contributed by atoms with E-state index in [0.29, 0.717) is 31.9 Å². The molecule has 0 atom stereocenters. The van der Waals surface area contributed by atoms with Crippen molar-refractivity contribution >= 4 is 23.3 Å². The van der Waals surface area contributed by atoms with Gasteiger partial charge >= 0.3 is 11.8 Å². The zero-order valence-corrected chi connectivity index (χ0v) is 13.5. The first-order valence-corrected chi connectivity index (χ1v) is 7.31. The number of hydrogen-bond acceptors (Lipinski definition) is 7. The van der Waals surface area contributed by atoms with Gasteiger partial charge < -0.3 is 20.3 Å². The second-order valence-electron chi connectivity index (χ2n) is 6.28. The molecule has 1 aliphatic rings. The Kier molecular flexibility index (Phi) is 4.57. The van der Waals surface area contributed by atoms with Crippen LogP contribution >= 0.6 is 0 Å². The van der Waals surface area contributed by atoms with Crippen LogP contribution in [0.15, 0.2) is 12.3 Å². The SMILES string of the molecule is CC(C)(C)OC(=O)N1CCN(c2ccnc(N)c2[N+](=O)[O-])CC1. The first-order chi connectivity index (χ1) is 10.7. The maximum atomic E-state index is 12.0. The highest BCUT2D eigenvalue weighted by atomic mass is 16.6. The van der Waals surface area contributed by atoms with Gasteiger partial charge in [-0.05, 0) is 26.8 Å². The Morgan fingerprint density at radius 3 is 2.48 bits per heavy atom. The number of nitrogens with zero attached hydrogens (tertiary/aromatic N) is 4. The van der Waals surface area contributed by atoms with E-state index in [-0.39, 0.29) is 17.6 Å². The quantitative estimate of drug-likeness (QED) is 0.649. The lowest BCUT2D eigenvalue weighted by atomic mass is 10.2. The summed E-state index contributed by atoms with van der Waals surface area (Å²) in [5.74, 6) is -0.109. The van der Waals surface area contributed by atoms with Crippen molar-refractivity contribution in [3.8, 4) is 0 Å². The lowest BCUT2D eigenvalue weighted by Gasteiger charge is -2.36. The van der Waals surface area contributed by atoms with Crippen LogP contribution in [-0.4, -0.2) is 52.7 Å². The van der Waals surface area contributed by atoms with E-state index in [4.69, 9.17) is 10.5 Å². The molecule has 1 amide bonds.